The lowest BCUT2D eigenvalue weighted by molar-refractivity contribution is -0.0922. The highest BCUT2D eigenvalue weighted by molar-refractivity contribution is 5.94. The summed E-state index contributed by atoms with van der Waals surface area (Å²) in [5.41, 5.74) is 0.596. The van der Waals surface area contributed by atoms with Crippen LogP contribution in [0.15, 0.2) is 35.0 Å². The lowest BCUT2D eigenvalue weighted by atomic mass is 9.83. The smallest absolute Gasteiger partial charge is 0.337 e. The summed E-state index contributed by atoms with van der Waals surface area (Å²) in [6.45, 7) is 13.4. The monoisotopic (exact) mass is 528 g/mol. The van der Waals surface area contributed by atoms with Gasteiger partial charge in [0.05, 0.1) is 11.3 Å². The number of carbonyl (C=O) groups is 1. The fourth-order valence-electron chi connectivity index (χ4n) is 5.29. The van der Waals surface area contributed by atoms with Crippen molar-refractivity contribution in [3.05, 3.63) is 51.9 Å². The molecule has 1 aliphatic carbocycles. The van der Waals surface area contributed by atoms with Crippen molar-refractivity contribution in [3.8, 4) is 0 Å². The number of aromatic amines is 1. The fourth-order valence-corrected chi connectivity index (χ4v) is 5.29. The van der Waals surface area contributed by atoms with E-state index >= 15 is 0 Å². The number of piperidine rings is 1. The summed E-state index contributed by atoms with van der Waals surface area (Å²) in [6.07, 6.45) is -1.88. The van der Waals surface area contributed by atoms with E-state index in [1.54, 1.807) is 4.90 Å². The molecule has 0 bridgehead atoms. The van der Waals surface area contributed by atoms with E-state index in [0.717, 1.165) is 30.4 Å². The number of nitrogens with one attached hydrogen (secondary N) is 1. The quantitative estimate of drug-likeness (QED) is 0.447. The second-order valence-corrected chi connectivity index (χ2v) is 10.8. The molecule has 37 heavy (non-hydrogen) atoms. The minimum atomic E-state index is -5.01. The Bertz CT molecular complexity index is 1070. The van der Waals surface area contributed by atoms with Crippen molar-refractivity contribution < 1.29 is 26.7 Å². The topological polar surface area (TPSA) is 52.2 Å². The van der Waals surface area contributed by atoms with Crippen molar-refractivity contribution in [3.63, 3.8) is 0 Å². The molecular weight excluding hydrogens is 491 g/mol. The summed E-state index contributed by atoms with van der Waals surface area (Å²) in [5, 5.41) is 7.28. The predicted octanol–water partition coefficient (Wildman–Crippen LogP) is 6.66. The van der Waals surface area contributed by atoms with E-state index < -0.39 is 29.3 Å². The Morgan fingerprint density at radius 1 is 1.08 bits per heavy atom. The third-order valence-electron chi connectivity index (χ3n) is 6.77. The van der Waals surface area contributed by atoms with Gasteiger partial charge in [0.25, 0.3) is 5.91 Å². The van der Waals surface area contributed by atoms with Crippen molar-refractivity contribution in [2.75, 3.05) is 26.2 Å². The first-order chi connectivity index (χ1) is 17.3. The minimum absolute atomic E-state index is 0.112. The Morgan fingerprint density at radius 2 is 1.73 bits per heavy atom. The number of fused-ring (bicyclic) bond motifs is 1. The molecule has 1 aromatic heterocycles. The summed E-state index contributed by atoms with van der Waals surface area (Å²) in [7, 11) is 0. The zero-order valence-corrected chi connectivity index (χ0v) is 22.2. The van der Waals surface area contributed by atoms with Crippen LogP contribution in [-0.2, 0) is 13.0 Å². The molecule has 1 fully saturated rings. The van der Waals surface area contributed by atoms with E-state index in [2.05, 4.69) is 35.9 Å². The summed E-state index contributed by atoms with van der Waals surface area (Å²) < 4.78 is 68.8. The average Bonchev–Trinajstić information content (AvgIpc) is 3.18. The number of allylic oxidation sites excluding steroid dienone is 6. The number of rotatable bonds is 3. The van der Waals surface area contributed by atoms with Crippen LogP contribution < -0.4 is 0 Å². The Balaban J connectivity index is 0.00000186. The van der Waals surface area contributed by atoms with Crippen LogP contribution in [0.3, 0.4) is 0 Å². The third kappa shape index (κ3) is 6.69. The van der Waals surface area contributed by atoms with Gasteiger partial charge in [-0.15, -0.1) is 0 Å². The summed E-state index contributed by atoms with van der Waals surface area (Å²) in [5.74, 6) is -4.20. The van der Waals surface area contributed by atoms with E-state index in [1.165, 1.54) is 6.08 Å². The van der Waals surface area contributed by atoms with Crippen LogP contribution >= 0.6 is 0 Å². The molecule has 1 saturated heterocycles. The zero-order chi connectivity index (χ0) is 27.5. The van der Waals surface area contributed by atoms with Gasteiger partial charge in [-0.3, -0.25) is 14.8 Å². The number of H-pyrrole nitrogens is 1. The normalized spacial score (nSPS) is 20.0. The zero-order valence-electron chi connectivity index (χ0n) is 22.2. The molecule has 10 heteroatoms. The first kappa shape index (κ1) is 29.1. The summed E-state index contributed by atoms with van der Waals surface area (Å²) in [4.78, 5) is 17.1. The van der Waals surface area contributed by atoms with Crippen molar-refractivity contribution in [2.45, 2.75) is 73.0 Å². The third-order valence-corrected chi connectivity index (χ3v) is 6.77. The molecule has 0 radical (unpaired) electrons. The van der Waals surface area contributed by atoms with Crippen LogP contribution in [0.1, 0.15) is 75.6 Å². The first-order valence-corrected chi connectivity index (χ1v) is 13.0. The predicted molar refractivity (Wildman–Crippen MR) is 133 cm³/mol. The van der Waals surface area contributed by atoms with Crippen molar-refractivity contribution in [1.82, 2.24) is 20.0 Å². The maximum absolute atomic E-state index is 14.3. The molecule has 0 unspecified atom stereocenters. The largest absolute Gasteiger partial charge is 0.419 e. The van der Waals surface area contributed by atoms with Gasteiger partial charge in [-0.25, -0.2) is 8.78 Å². The highest BCUT2D eigenvalue weighted by Gasteiger charge is 2.43. The number of likely N-dealkylation sites (tertiary alicyclic amines) is 1. The van der Waals surface area contributed by atoms with Crippen LogP contribution in [0.25, 0.3) is 0 Å². The van der Waals surface area contributed by atoms with Gasteiger partial charge < -0.3 is 4.90 Å². The second-order valence-electron chi connectivity index (χ2n) is 10.8. The second kappa shape index (κ2) is 11.5. The average molecular weight is 529 g/mol. The number of nitrogens with zero attached hydrogens (tertiary/aromatic N) is 3. The van der Waals surface area contributed by atoms with Crippen LogP contribution in [0, 0.1) is 11.3 Å². The van der Waals surface area contributed by atoms with Crippen molar-refractivity contribution in [1.29, 1.82) is 0 Å². The minimum Gasteiger partial charge on any atom is -0.337 e. The Morgan fingerprint density at radius 3 is 2.32 bits per heavy atom. The molecule has 3 aliphatic rings. The maximum Gasteiger partial charge on any atom is 0.419 e. The Hall–Kier alpha value is -2.49. The van der Waals surface area contributed by atoms with Gasteiger partial charge in [0.2, 0.25) is 0 Å². The summed E-state index contributed by atoms with van der Waals surface area (Å²) in [6, 6.07) is 0. The van der Waals surface area contributed by atoms with Gasteiger partial charge in [-0.1, -0.05) is 40.7 Å². The lowest BCUT2D eigenvalue weighted by Gasteiger charge is -2.34. The molecule has 2 aliphatic heterocycles. The number of amides is 1. The molecule has 1 amide bonds. The molecule has 0 spiro atoms. The SMILES string of the molecule is CC.CC(C)(C)CN1CCc2c(C(=O)N3CCC(C4=CCC=C(F)C(F)=C4C(F)(F)F)CC3)n[nH]c2C1. The van der Waals surface area contributed by atoms with Gasteiger partial charge in [0, 0.05) is 38.3 Å². The number of aromatic nitrogens is 2. The summed E-state index contributed by atoms with van der Waals surface area (Å²) >= 11 is 0. The lowest BCUT2D eigenvalue weighted by Crippen LogP contribution is -2.40. The van der Waals surface area contributed by atoms with E-state index in [1.807, 2.05) is 13.8 Å². The fraction of sp³-hybridized carbons (Fsp3) is 0.630. The van der Waals surface area contributed by atoms with E-state index in [4.69, 9.17) is 0 Å². The molecule has 5 nitrogen and oxygen atoms in total. The first-order valence-electron chi connectivity index (χ1n) is 13.0. The molecule has 3 heterocycles. The number of halogens is 5. The molecule has 1 N–H and O–H groups in total. The number of alkyl halides is 3. The van der Waals surface area contributed by atoms with E-state index in [0.29, 0.717) is 18.7 Å². The molecule has 0 atom stereocenters. The van der Waals surface area contributed by atoms with Crippen LogP contribution in [-0.4, -0.2) is 58.3 Å². The maximum atomic E-state index is 14.3. The molecule has 4 rings (SSSR count). The highest BCUT2D eigenvalue weighted by atomic mass is 19.4. The molecular formula is C27H37F5N4O. The van der Waals surface area contributed by atoms with Gasteiger partial charge in [0.1, 0.15) is 0 Å². The van der Waals surface area contributed by atoms with Gasteiger partial charge in [0.15, 0.2) is 17.3 Å². The standard InChI is InChI=1S/C25H31F5N4O.C2H6/c1-24(2,3)14-33-10-9-17-19(13-33)31-32-22(17)23(35)34-11-7-15(8-12-34)16-5-4-6-18(26)21(27)20(16)25(28,29)30;1-2/h5-6,15H,4,7-14H2,1-3H3,(H,31,32);1-2H3. The highest BCUT2D eigenvalue weighted by Crippen LogP contribution is 2.44. The number of carbonyl (C=O) groups excluding carboxylic acids is 1. The van der Waals surface area contributed by atoms with Crippen molar-refractivity contribution in [2.24, 2.45) is 11.3 Å². The van der Waals surface area contributed by atoms with E-state index in [-0.39, 0.29) is 49.2 Å². The molecule has 206 valence electrons. The van der Waals surface area contributed by atoms with Crippen LogP contribution in [0.2, 0.25) is 0 Å². The van der Waals surface area contributed by atoms with Gasteiger partial charge in [-0.05, 0) is 48.7 Å². The van der Waals surface area contributed by atoms with Crippen molar-refractivity contribution >= 4 is 5.91 Å². The molecule has 1 aromatic rings. The van der Waals surface area contributed by atoms with Gasteiger partial charge in [-0.2, -0.15) is 18.3 Å². The Labute approximate surface area is 215 Å². The van der Waals surface area contributed by atoms with E-state index in [9.17, 15) is 26.7 Å². The van der Waals surface area contributed by atoms with Gasteiger partial charge >= 0.3 is 6.18 Å². The number of hydrogen-bond acceptors (Lipinski definition) is 3. The molecule has 0 aromatic carbocycles. The Kier molecular flexibility index (Phi) is 9.03. The van der Waals surface area contributed by atoms with Crippen LogP contribution in [0.4, 0.5) is 22.0 Å². The number of hydrogen-bond donors (Lipinski definition) is 1. The van der Waals surface area contributed by atoms with Crippen LogP contribution in [0.5, 0.6) is 0 Å². The molecule has 0 saturated carbocycles.